The molecule has 1 atom stereocenters. The third kappa shape index (κ3) is 6.63. The van der Waals surface area contributed by atoms with E-state index in [1.807, 2.05) is 61.2 Å². The zero-order valence-electron chi connectivity index (χ0n) is 23.8. The number of aryl methyl sites for hydroxylation is 1. The average Bonchev–Trinajstić information content (AvgIpc) is 3.22. The lowest BCUT2D eigenvalue weighted by atomic mass is 9.85. The van der Waals surface area contributed by atoms with Crippen molar-refractivity contribution >= 4 is 23.4 Å². The molecule has 1 unspecified atom stereocenters. The second-order valence-corrected chi connectivity index (χ2v) is 11.1. The number of likely N-dealkylation sites (tertiary alicyclic amines) is 1. The van der Waals surface area contributed by atoms with Gasteiger partial charge in [0.25, 0.3) is 11.8 Å². The van der Waals surface area contributed by atoms with Crippen LogP contribution in [0.5, 0.6) is 0 Å². The highest BCUT2D eigenvalue weighted by atomic mass is 16.2. The van der Waals surface area contributed by atoms with Crippen LogP contribution < -0.4 is 10.2 Å². The Labute approximate surface area is 233 Å². The first kappa shape index (κ1) is 28.7. The number of piperidine rings is 1. The second-order valence-electron chi connectivity index (χ2n) is 11.1. The average molecular weight is 533 g/mol. The number of nitrogens with one attached hydrogen (secondary N) is 1. The Morgan fingerprint density at radius 3 is 2.28 bits per heavy atom. The number of nitrogens with zero attached hydrogens (tertiary/aromatic N) is 3. The van der Waals surface area contributed by atoms with Crippen LogP contribution in [0, 0.1) is 0 Å². The Bertz CT molecular complexity index is 1110. The van der Waals surface area contributed by atoms with E-state index in [-0.39, 0.29) is 30.3 Å². The molecule has 4 rings (SSSR count). The predicted octanol–water partition coefficient (Wildman–Crippen LogP) is 5.01. The number of hydrogen-bond donors (Lipinski definition) is 1. The van der Waals surface area contributed by atoms with Gasteiger partial charge in [-0.2, -0.15) is 0 Å². The first-order valence-electron chi connectivity index (χ1n) is 14.7. The van der Waals surface area contributed by atoms with Gasteiger partial charge in [-0.05, 0) is 68.9 Å². The molecule has 0 bridgehead atoms. The van der Waals surface area contributed by atoms with E-state index < -0.39 is 5.54 Å². The lowest BCUT2D eigenvalue weighted by Crippen LogP contribution is -2.57. The van der Waals surface area contributed by atoms with Crippen molar-refractivity contribution in [2.45, 2.75) is 83.7 Å². The van der Waals surface area contributed by atoms with Crippen LogP contribution in [0.15, 0.2) is 54.6 Å². The fraction of sp³-hybridized carbons (Fsp3) is 0.531. The molecule has 2 aromatic carbocycles. The Morgan fingerprint density at radius 2 is 1.64 bits per heavy atom. The number of carbonyl (C=O) groups excluding carboxylic acids is 3. The van der Waals surface area contributed by atoms with Crippen LogP contribution in [0.3, 0.4) is 0 Å². The van der Waals surface area contributed by atoms with Crippen LogP contribution in [0.25, 0.3) is 0 Å². The fourth-order valence-corrected chi connectivity index (χ4v) is 5.75. The topological polar surface area (TPSA) is 73.0 Å². The standard InChI is InChI=1S/C32H44N4O3/c1-4-6-7-9-12-26-15-17-27(18-16-26)30(38)34-21-19-32(20-22-34)31(39)35(23-29(37)33-25(3)5-2)24-36(32)28-13-10-8-11-14-28/h8,10-11,13-18,25H,4-7,9,12,19-24H2,1-3H3,(H,33,37). The normalized spacial score (nSPS) is 17.5. The van der Waals surface area contributed by atoms with Crippen LogP contribution in [0.2, 0.25) is 0 Å². The van der Waals surface area contributed by atoms with Crippen molar-refractivity contribution < 1.29 is 14.4 Å². The Morgan fingerprint density at radius 1 is 0.949 bits per heavy atom. The van der Waals surface area contributed by atoms with Crippen LogP contribution in [0.4, 0.5) is 5.69 Å². The highest BCUT2D eigenvalue weighted by Crippen LogP contribution is 2.39. The van der Waals surface area contributed by atoms with Crippen molar-refractivity contribution in [3.05, 3.63) is 65.7 Å². The second kappa shape index (κ2) is 13.1. The minimum atomic E-state index is -0.753. The number of benzene rings is 2. The summed E-state index contributed by atoms with van der Waals surface area (Å²) < 4.78 is 0. The number of carbonyl (C=O) groups is 3. The van der Waals surface area contributed by atoms with Crippen LogP contribution in [-0.2, 0) is 16.0 Å². The van der Waals surface area contributed by atoms with Gasteiger partial charge in [0.05, 0.1) is 6.67 Å². The van der Waals surface area contributed by atoms with E-state index in [2.05, 4.69) is 29.3 Å². The number of unbranched alkanes of at least 4 members (excludes halogenated alkanes) is 3. The van der Waals surface area contributed by atoms with E-state index in [0.29, 0.717) is 38.2 Å². The zero-order valence-corrected chi connectivity index (χ0v) is 23.8. The molecule has 2 aliphatic rings. The van der Waals surface area contributed by atoms with Gasteiger partial charge >= 0.3 is 0 Å². The molecule has 0 radical (unpaired) electrons. The molecule has 1 spiro atoms. The van der Waals surface area contributed by atoms with E-state index >= 15 is 0 Å². The van der Waals surface area contributed by atoms with E-state index in [1.54, 1.807) is 4.90 Å². The SMILES string of the molecule is CCCCCCc1ccc(C(=O)N2CCC3(CC2)C(=O)N(CC(=O)NC(C)CC)CN3c2ccccc2)cc1. The number of hydrogen-bond acceptors (Lipinski definition) is 4. The highest BCUT2D eigenvalue weighted by Gasteiger charge is 2.54. The minimum Gasteiger partial charge on any atom is -0.352 e. The third-order valence-electron chi connectivity index (χ3n) is 8.33. The largest absolute Gasteiger partial charge is 0.352 e. The summed E-state index contributed by atoms with van der Waals surface area (Å²) in [7, 11) is 0. The summed E-state index contributed by atoms with van der Waals surface area (Å²) in [5.74, 6) is -0.141. The van der Waals surface area contributed by atoms with E-state index in [9.17, 15) is 14.4 Å². The van der Waals surface area contributed by atoms with Gasteiger partial charge in [-0.15, -0.1) is 0 Å². The van der Waals surface area contributed by atoms with Gasteiger partial charge < -0.3 is 20.0 Å². The molecule has 0 aromatic heterocycles. The number of amides is 3. The lowest BCUT2D eigenvalue weighted by molar-refractivity contribution is -0.137. The van der Waals surface area contributed by atoms with E-state index in [4.69, 9.17) is 0 Å². The number of anilines is 1. The molecular formula is C32H44N4O3. The van der Waals surface area contributed by atoms with Crippen LogP contribution in [-0.4, -0.2) is 65.4 Å². The molecule has 2 saturated heterocycles. The zero-order chi connectivity index (χ0) is 27.8. The summed E-state index contributed by atoms with van der Waals surface area (Å²) in [6, 6.07) is 18.0. The molecule has 2 aliphatic heterocycles. The summed E-state index contributed by atoms with van der Waals surface area (Å²) in [5.41, 5.74) is 2.18. The highest BCUT2D eigenvalue weighted by molar-refractivity contribution is 5.97. The van der Waals surface area contributed by atoms with Crippen molar-refractivity contribution in [1.82, 2.24) is 15.1 Å². The molecule has 1 N–H and O–H groups in total. The summed E-state index contributed by atoms with van der Waals surface area (Å²) in [6.45, 7) is 7.62. The quantitative estimate of drug-likeness (QED) is 0.413. The van der Waals surface area contributed by atoms with Crippen LogP contribution >= 0.6 is 0 Å². The molecular weight excluding hydrogens is 488 g/mol. The summed E-state index contributed by atoms with van der Waals surface area (Å²) in [6.07, 6.45) is 7.86. The van der Waals surface area contributed by atoms with Gasteiger partial charge in [0, 0.05) is 30.4 Å². The fourth-order valence-electron chi connectivity index (χ4n) is 5.75. The summed E-state index contributed by atoms with van der Waals surface area (Å²) >= 11 is 0. The third-order valence-corrected chi connectivity index (χ3v) is 8.33. The van der Waals surface area contributed by atoms with Crippen molar-refractivity contribution in [2.24, 2.45) is 0 Å². The number of para-hydroxylation sites is 1. The Balaban J connectivity index is 1.43. The molecule has 7 nitrogen and oxygen atoms in total. The molecule has 0 saturated carbocycles. The maximum atomic E-state index is 13.9. The van der Waals surface area contributed by atoms with Crippen molar-refractivity contribution in [1.29, 1.82) is 0 Å². The van der Waals surface area contributed by atoms with Gasteiger partial charge in [0.15, 0.2) is 0 Å². The molecule has 2 fully saturated rings. The van der Waals surface area contributed by atoms with E-state index in [1.165, 1.54) is 31.2 Å². The molecule has 3 amide bonds. The monoisotopic (exact) mass is 532 g/mol. The first-order valence-corrected chi connectivity index (χ1v) is 14.7. The summed E-state index contributed by atoms with van der Waals surface area (Å²) in [5, 5.41) is 2.98. The molecule has 7 heteroatoms. The number of rotatable bonds is 11. The molecule has 0 aliphatic carbocycles. The van der Waals surface area contributed by atoms with E-state index in [0.717, 1.165) is 18.5 Å². The maximum absolute atomic E-state index is 13.9. The first-order chi connectivity index (χ1) is 18.9. The minimum absolute atomic E-state index is 0.0175. The molecule has 2 heterocycles. The smallest absolute Gasteiger partial charge is 0.253 e. The summed E-state index contributed by atoms with van der Waals surface area (Å²) in [4.78, 5) is 45.6. The van der Waals surface area contributed by atoms with Gasteiger partial charge in [-0.25, -0.2) is 0 Å². The predicted molar refractivity (Wildman–Crippen MR) is 156 cm³/mol. The Hall–Kier alpha value is -3.35. The van der Waals surface area contributed by atoms with Crippen molar-refractivity contribution in [3.63, 3.8) is 0 Å². The molecule has 2 aromatic rings. The van der Waals surface area contributed by atoms with Gasteiger partial charge in [-0.3, -0.25) is 14.4 Å². The maximum Gasteiger partial charge on any atom is 0.253 e. The van der Waals surface area contributed by atoms with Crippen LogP contribution in [0.1, 0.15) is 81.6 Å². The lowest BCUT2D eigenvalue weighted by Gasteiger charge is -2.43. The molecule has 210 valence electrons. The van der Waals surface area contributed by atoms with Gasteiger partial charge in [0.1, 0.15) is 12.1 Å². The molecule has 39 heavy (non-hydrogen) atoms. The van der Waals surface area contributed by atoms with Gasteiger partial charge in [-0.1, -0.05) is 63.4 Å². The van der Waals surface area contributed by atoms with Gasteiger partial charge in [0.2, 0.25) is 5.91 Å². The van der Waals surface area contributed by atoms with Crippen molar-refractivity contribution in [3.8, 4) is 0 Å². The Kier molecular flexibility index (Phi) is 9.65. The van der Waals surface area contributed by atoms with Crippen molar-refractivity contribution in [2.75, 3.05) is 31.2 Å².